The van der Waals surface area contributed by atoms with Crippen LogP contribution >= 0.6 is 23.4 Å². The average Bonchev–Trinajstić information content (AvgIpc) is 2.89. The number of hydrogen-bond acceptors (Lipinski definition) is 5. The number of halogens is 1. The number of anilines is 2. The molecule has 0 saturated heterocycles. The molecule has 1 aliphatic rings. The van der Waals surface area contributed by atoms with Gasteiger partial charge < -0.3 is 21.1 Å². The lowest BCUT2D eigenvalue weighted by molar-refractivity contribution is -0.132. The number of carbonyl (C=O) groups excluding carboxylic acids is 2. The Balaban J connectivity index is 1.64. The number of aliphatic carboxylic acids is 1. The van der Waals surface area contributed by atoms with Crippen molar-refractivity contribution >= 4 is 58.6 Å². The maximum atomic E-state index is 12.8. The minimum atomic E-state index is -1.27. The number of carboxylic acids is 1. The quantitative estimate of drug-likeness (QED) is 0.190. The van der Waals surface area contributed by atoms with E-state index in [4.69, 9.17) is 11.6 Å². The number of benzene rings is 2. The minimum Gasteiger partial charge on any atom is -0.477 e. The molecule has 1 unspecified atom stereocenters. The van der Waals surface area contributed by atoms with E-state index in [1.165, 1.54) is 6.08 Å². The van der Waals surface area contributed by atoms with Gasteiger partial charge >= 0.3 is 5.97 Å². The van der Waals surface area contributed by atoms with Crippen LogP contribution in [-0.2, 0) is 9.59 Å². The molecule has 0 spiro atoms. The molecule has 1 aliphatic carbocycles. The molecule has 0 aromatic heterocycles. The first-order valence-corrected chi connectivity index (χ1v) is 15.0. The van der Waals surface area contributed by atoms with Gasteiger partial charge in [-0.05, 0) is 99.4 Å². The normalized spacial score (nSPS) is 14.7. The van der Waals surface area contributed by atoms with Crippen molar-refractivity contribution in [3.8, 4) is 0 Å². The van der Waals surface area contributed by atoms with Crippen LogP contribution in [0.4, 0.5) is 11.4 Å². The van der Waals surface area contributed by atoms with Crippen LogP contribution in [0, 0.1) is 0 Å². The van der Waals surface area contributed by atoms with Crippen molar-refractivity contribution in [3.05, 3.63) is 87.6 Å². The molecule has 0 aliphatic heterocycles. The summed E-state index contributed by atoms with van der Waals surface area (Å²) in [6, 6.07) is 13.6. The Bertz CT molecular complexity index is 1360. The predicted molar refractivity (Wildman–Crippen MR) is 170 cm³/mol. The first-order valence-electron chi connectivity index (χ1n) is 13.6. The summed E-state index contributed by atoms with van der Waals surface area (Å²) in [4.78, 5) is 37.4. The van der Waals surface area contributed by atoms with Gasteiger partial charge in [0.25, 0.3) is 11.8 Å². The Morgan fingerprint density at radius 3 is 2.27 bits per heavy atom. The molecule has 2 amide bonds. The van der Waals surface area contributed by atoms with E-state index >= 15 is 0 Å². The standard InChI is InChI=1S/C32H38ClN3O4S/c1-6-41-21(3)19-32(4,5)36-25-16-12-23(13-17-25)29(37)35-27(31(39)40)18-22-10-14-24(15-11-22)34-30(38)28-20(2)8-7-9-26(28)33/h8,10-18,21,36H,6-7,9,19H2,1-5H3,(H,34,38)(H,35,37)(H,39,40)/b27-18-. The van der Waals surface area contributed by atoms with E-state index in [-0.39, 0.29) is 17.1 Å². The highest BCUT2D eigenvalue weighted by molar-refractivity contribution is 7.99. The maximum absolute atomic E-state index is 12.8. The largest absolute Gasteiger partial charge is 0.477 e. The predicted octanol–water partition coefficient (Wildman–Crippen LogP) is 7.44. The molecule has 0 bridgehead atoms. The fourth-order valence-electron chi connectivity index (χ4n) is 4.74. The number of hydrogen-bond donors (Lipinski definition) is 4. The third-order valence-corrected chi connectivity index (χ3v) is 7.99. The van der Waals surface area contributed by atoms with Gasteiger partial charge in [-0.25, -0.2) is 4.79 Å². The summed E-state index contributed by atoms with van der Waals surface area (Å²) in [5, 5.41) is 19.6. The van der Waals surface area contributed by atoms with Gasteiger partial charge in [-0.2, -0.15) is 11.8 Å². The Morgan fingerprint density at radius 2 is 1.68 bits per heavy atom. The van der Waals surface area contributed by atoms with E-state index in [0.717, 1.165) is 29.9 Å². The summed E-state index contributed by atoms with van der Waals surface area (Å²) >= 11 is 8.19. The van der Waals surface area contributed by atoms with Crippen LogP contribution in [0.5, 0.6) is 0 Å². The molecule has 1 atom stereocenters. The van der Waals surface area contributed by atoms with Gasteiger partial charge in [-0.15, -0.1) is 0 Å². The SMILES string of the molecule is CCSC(C)CC(C)(C)Nc1ccc(C(=O)N/C(=C\c2ccc(NC(=O)C3=C(Cl)CCC=C3C)cc2)C(=O)O)cc1. The smallest absolute Gasteiger partial charge is 0.352 e. The second-order valence-electron chi connectivity index (χ2n) is 10.7. The Morgan fingerprint density at radius 1 is 1.05 bits per heavy atom. The van der Waals surface area contributed by atoms with Crippen LogP contribution < -0.4 is 16.0 Å². The fourth-order valence-corrected chi connectivity index (χ4v) is 6.18. The van der Waals surface area contributed by atoms with Crippen molar-refractivity contribution < 1.29 is 19.5 Å². The Hall–Kier alpha value is -3.49. The second kappa shape index (κ2) is 14.4. The first-order chi connectivity index (χ1) is 19.4. The summed E-state index contributed by atoms with van der Waals surface area (Å²) in [6.07, 6.45) is 5.78. The Labute approximate surface area is 251 Å². The van der Waals surface area contributed by atoms with Gasteiger partial charge in [0.1, 0.15) is 5.70 Å². The highest BCUT2D eigenvalue weighted by Gasteiger charge is 2.22. The second-order valence-corrected chi connectivity index (χ2v) is 12.8. The number of amides is 2. The number of nitrogens with one attached hydrogen (secondary N) is 3. The van der Waals surface area contributed by atoms with Gasteiger partial charge in [0.2, 0.25) is 0 Å². The molecule has 9 heteroatoms. The molecule has 218 valence electrons. The average molecular weight is 596 g/mol. The lowest BCUT2D eigenvalue weighted by Crippen LogP contribution is -2.33. The molecule has 2 aromatic rings. The summed E-state index contributed by atoms with van der Waals surface area (Å²) in [5.74, 6) is -1.01. The third kappa shape index (κ3) is 9.54. The molecule has 0 saturated carbocycles. The van der Waals surface area contributed by atoms with Crippen molar-refractivity contribution in [1.29, 1.82) is 0 Å². The van der Waals surface area contributed by atoms with E-state index in [2.05, 4.69) is 43.6 Å². The van der Waals surface area contributed by atoms with Crippen LogP contribution in [-0.4, -0.2) is 39.4 Å². The van der Waals surface area contributed by atoms with E-state index in [1.807, 2.05) is 36.9 Å². The third-order valence-electron chi connectivity index (χ3n) is 6.54. The van der Waals surface area contributed by atoms with Crippen molar-refractivity contribution in [3.63, 3.8) is 0 Å². The van der Waals surface area contributed by atoms with Crippen LogP contribution in [0.15, 0.2) is 76.5 Å². The lowest BCUT2D eigenvalue weighted by atomic mass is 9.98. The zero-order valence-electron chi connectivity index (χ0n) is 24.1. The number of thioether (sulfide) groups is 1. The van der Waals surface area contributed by atoms with Crippen molar-refractivity contribution in [2.45, 2.75) is 64.7 Å². The highest BCUT2D eigenvalue weighted by Crippen LogP contribution is 2.29. The van der Waals surface area contributed by atoms with Crippen LogP contribution in [0.3, 0.4) is 0 Å². The van der Waals surface area contributed by atoms with Gasteiger partial charge in [0.15, 0.2) is 0 Å². The molecule has 4 N–H and O–H groups in total. The van der Waals surface area contributed by atoms with Gasteiger partial charge in [0.05, 0.1) is 5.57 Å². The van der Waals surface area contributed by atoms with Gasteiger partial charge in [-0.1, -0.05) is 43.7 Å². The number of carbonyl (C=O) groups is 3. The van der Waals surface area contributed by atoms with E-state index in [1.54, 1.807) is 36.4 Å². The van der Waals surface area contributed by atoms with Gasteiger partial charge in [0, 0.05) is 32.8 Å². The van der Waals surface area contributed by atoms with Crippen molar-refractivity contribution in [2.75, 3.05) is 16.4 Å². The monoisotopic (exact) mass is 595 g/mol. The van der Waals surface area contributed by atoms with Crippen LogP contribution in [0.25, 0.3) is 6.08 Å². The maximum Gasteiger partial charge on any atom is 0.352 e. The lowest BCUT2D eigenvalue weighted by Gasteiger charge is -2.30. The fraction of sp³-hybridized carbons (Fsp3) is 0.344. The molecule has 41 heavy (non-hydrogen) atoms. The number of rotatable bonds is 12. The zero-order valence-corrected chi connectivity index (χ0v) is 25.7. The van der Waals surface area contributed by atoms with E-state index in [0.29, 0.717) is 39.1 Å². The summed E-state index contributed by atoms with van der Waals surface area (Å²) < 4.78 is 0. The minimum absolute atomic E-state index is 0.126. The van der Waals surface area contributed by atoms with Crippen molar-refractivity contribution in [1.82, 2.24) is 5.32 Å². The molecule has 3 rings (SSSR count). The first kappa shape index (κ1) is 32.0. The number of allylic oxidation sites excluding steroid dienone is 2. The van der Waals surface area contributed by atoms with Crippen LogP contribution in [0.2, 0.25) is 0 Å². The van der Waals surface area contributed by atoms with Gasteiger partial charge in [-0.3, -0.25) is 9.59 Å². The highest BCUT2D eigenvalue weighted by atomic mass is 35.5. The summed E-state index contributed by atoms with van der Waals surface area (Å²) in [7, 11) is 0. The van der Waals surface area contributed by atoms with Crippen molar-refractivity contribution in [2.24, 2.45) is 0 Å². The van der Waals surface area contributed by atoms with Crippen LogP contribution in [0.1, 0.15) is 69.8 Å². The molecule has 0 fully saturated rings. The molecule has 0 radical (unpaired) electrons. The molecule has 7 nitrogen and oxygen atoms in total. The Kier molecular flexibility index (Phi) is 11.3. The zero-order chi connectivity index (χ0) is 30.2. The van der Waals surface area contributed by atoms with E-state index in [9.17, 15) is 19.5 Å². The molecule has 2 aromatic carbocycles. The molecular weight excluding hydrogens is 558 g/mol. The summed E-state index contributed by atoms with van der Waals surface area (Å²) in [6.45, 7) is 10.5. The molecule has 0 heterocycles. The number of carboxylic acid groups (broad SMARTS) is 1. The molecular formula is C32H38ClN3O4S. The summed E-state index contributed by atoms with van der Waals surface area (Å²) in [5.41, 5.74) is 3.24. The van der Waals surface area contributed by atoms with E-state index < -0.39 is 11.9 Å². The topological polar surface area (TPSA) is 108 Å².